The third kappa shape index (κ3) is 3.64. The summed E-state index contributed by atoms with van der Waals surface area (Å²) in [5.74, 6) is -0.0268. The fourth-order valence-corrected chi connectivity index (χ4v) is 2.92. The molecule has 0 bridgehead atoms. The van der Waals surface area contributed by atoms with E-state index in [1.54, 1.807) is 16.5 Å². The summed E-state index contributed by atoms with van der Waals surface area (Å²) in [5.41, 5.74) is 1.61. The van der Waals surface area contributed by atoms with Crippen molar-refractivity contribution in [3.63, 3.8) is 0 Å². The van der Waals surface area contributed by atoms with E-state index in [-0.39, 0.29) is 18.5 Å². The van der Waals surface area contributed by atoms with Crippen molar-refractivity contribution >= 4 is 23.0 Å². The highest BCUT2D eigenvalue weighted by Gasteiger charge is 2.25. The summed E-state index contributed by atoms with van der Waals surface area (Å²) in [6.07, 6.45) is 1.26. The largest absolute Gasteiger partial charge is 0.450 e. The van der Waals surface area contributed by atoms with Crippen LogP contribution < -0.4 is 5.32 Å². The lowest BCUT2D eigenvalue weighted by molar-refractivity contribution is -0.133. The Morgan fingerprint density at radius 3 is 3.04 bits per heavy atom. The van der Waals surface area contributed by atoms with Crippen LogP contribution in [0.15, 0.2) is 24.3 Å². The number of ether oxygens (including phenoxy) is 1. The number of nitrogens with one attached hydrogen (secondary N) is 1. The second kappa shape index (κ2) is 7.29. The van der Waals surface area contributed by atoms with Crippen LogP contribution in [0.5, 0.6) is 0 Å². The molecule has 8 nitrogen and oxygen atoms in total. The molecule has 0 radical (unpaired) electrons. The van der Waals surface area contributed by atoms with Gasteiger partial charge in [0.15, 0.2) is 0 Å². The Labute approximate surface area is 139 Å². The molecular formula is C16H21N5O3. The maximum atomic E-state index is 12.6. The van der Waals surface area contributed by atoms with Crippen molar-refractivity contribution in [3.05, 3.63) is 24.3 Å². The van der Waals surface area contributed by atoms with Gasteiger partial charge in [-0.2, -0.15) is 0 Å². The minimum absolute atomic E-state index is 0.0268. The van der Waals surface area contributed by atoms with Gasteiger partial charge in [0.1, 0.15) is 12.1 Å². The van der Waals surface area contributed by atoms with Crippen molar-refractivity contribution in [2.45, 2.75) is 32.4 Å². The Balaban J connectivity index is 1.61. The number of hydrogen-bond acceptors (Lipinski definition) is 5. The van der Waals surface area contributed by atoms with Crippen molar-refractivity contribution in [2.24, 2.45) is 0 Å². The van der Waals surface area contributed by atoms with Gasteiger partial charge < -0.3 is 15.0 Å². The lowest BCUT2D eigenvalue weighted by Crippen LogP contribution is -2.50. The summed E-state index contributed by atoms with van der Waals surface area (Å²) in [6.45, 7) is 3.42. The zero-order valence-electron chi connectivity index (χ0n) is 13.6. The molecule has 0 aliphatic carbocycles. The number of hydrogen-bond donors (Lipinski definition) is 1. The number of amides is 2. The van der Waals surface area contributed by atoms with Crippen molar-refractivity contribution in [1.82, 2.24) is 25.2 Å². The molecule has 1 saturated heterocycles. The molecule has 24 heavy (non-hydrogen) atoms. The number of aromatic nitrogens is 3. The van der Waals surface area contributed by atoms with E-state index < -0.39 is 6.09 Å². The molecule has 1 aliphatic rings. The molecule has 0 saturated carbocycles. The van der Waals surface area contributed by atoms with E-state index in [2.05, 4.69) is 15.6 Å². The first kappa shape index (κ1) is 16.2. The summed E-state index contributed by atoms with van der Waals surface area (Å²) in [4.78, 5) is 25.9. The fourth-order valence-electron chi connectivity index (χ4n) is 2.92. The number of benzene rings is 1. The van der Waals surface area contributed by atoms with Gasteiger partial charge in [0.05, 0.1) is 12.1 Å². The Kier molecular flexibility index (Phi) is 4.93. The molecule has 1 aromatic heterocycles. The molecule has 0 spiro atoms. The van der Waals surface area contributed by atoms with Crippen molar-refractivity contribution < 1.29 is 14.3 Å². The maximum Gasteiger partial charge on any atom is 0.407 e. The van der Waals surface area contributed by atoms with Crippen LogP contribution in [-0.4, -0.2) is 57.6 Å². The normalized spacial score (nSPS) is 17.7. The molecule has 8 heteroatoms. The highest BCUT2D eigenvalue weighted by atomic mass is 16.5. The predicted molar refractivity (Wildman–Crippen MR) is 87.3 cm³/mol. The second-order valence-electron chi connectivity index (χ2n) is 5.78. The highest BCUT2D eigenvalue weighted by Crippen LogP contribution is 2.13. The summed E-state index contributed by atoms with van der Waals surface area (Å²) < 4.78 is 6.51. The van der Waals surface area contributed by atoms with Gasteiger partial charge in [-0.05, 0) is 31.9 Å². The lowest BCUT2D eigenvalue weighted by Gasteiger charge is -2.32. The van der Waals surface area contributed by atoms with E-state index in [0.717, 1.165) is 23.9 Å². The third-order valence-corrected chi connectivity index (χ3v) is 4.08. The van der Waals surface area contributed by atoms with Crippen molar-refractivity contribution in [2.75, 3.05) is 19.7 Å². The predicted octanol–water partition coefficient (Wildman–Crippen LogP) is 1.17. The van der Waals surface area contributed by atoms with Crippen molar-refractivity contribution in [3.8, 4) is 0 Å². The van der Waals surface area contributed by atoms with Gasteiger partial charge in [0.25, 0.3) is 0 Å². The summed E-state index contributed by atoms with van der Waals surface area (Å²) >= 11 is 0. The summed E-state index contributed by atoms with van der Waals surface area (Å²) in [5, 5.41) is 10.9. The molecule has 2 amide bonds. The van der Waals surface area contributed by atoms with E-state index in [9.17, 15) is 9.59 Å². The van der Waals surface area contributed by atoms with Gasteiger partial charge in [-0.3, -0.25) is 4.79 Å². The monoisotopic (exact) mass is 331 g/mol. The van der Waals surface area contributed by atoms with Crippen LogP contribution in [0.4, 0.5) is 4.79 Å². The molecule has 2 aromatic rings. The number of piperidine rings is 1. The topological polar surface area (TPSA) is 89.4 Å². The standard InChI is InChI=1S/C16H21N5O3/c1-2-24-16(23)17-12-6-5-9-20(10-12)15(22)11-21-14-8-4-3-7-13(14)18-19-21/h3-4,7-8,12H,2,5-6,9-11H2,1H3,(H,17,23)/t12-/m1/s1. The number of carbonyl (C=O) groups excluding carboxylic acids is 2. The Bertz CT molecular complexity index is 729. The average molecular weight is 331 g/mol. The van der Waals surface area contributed by atoms with Crippen LogP contribution in [0.2, 0.25) is 0 Å². The Hall–Kier alpha value is -2.64. The molecule has 1 fully saturated rings. The quantitative estimate of drug-likeness (QED) is 0.908. The lowest BCUT2D eigenvalue weighted by atomic mass is 10.1. The Morgan fingerprint density at radius 2 is 2.21 bits per heavy atom. The number of rotatable bonds is 4. The number of likely N-dealkylation sites (tertiary alicyclic amines) is 1. The van der Waals surface area contributed by atoms with E-state index in [1.807, 2.05) is 24.3 Å². The highest BCUT2D eigenvalue weighted by molar-refractivity contribution is 5.80. The Morgan fingerprint density at radius 1 is 1.38 bits per heavy atom. The van der Waals surface area contributed by atoms with Crippen LogP contribution in [0.3, 0.4) is 0 Å². The minimum Gasteiger partial charge on any atom is -0.450 e. The summed E-state index contributed by atoms with van der Waals surface area (Å²) in [7, 11) is 0. The van der Waals surface area contributed by atoms with Crippen LogP contribution in [-0.2, 0) is 16.1 Å². The smallest absolute Gasteiger partial charge is 0.407 e. The zero-order valence-corrected chi connectivity index (χ0v) is 13.6. The molecule has 1 aromatic carbocycles. The molecule has 128 valence electrons. The maximum absolute atomic E-state index is 12.6. The fraction of sp³-hybridized carbons (Fsp3) is 0.500. The molecule has 1 atom stereocenters. The number of nitrogens with zero attached hydrogens (tertiary/aromatic N) is 4. The number of alkyl carbamates (subject to hydrolysis) is 1. The van der Waals surface area contributed by atoms with Gasteiger partial charge in [-0.15, -0.1) is 5.10 Å². The van der Waals surface area contributed by atoms with Crippen molar-refractivity contribution in [1.29, 1.82) is 0 Å². The van der Waals surface area contributed by atoms with E-state index in [0.29, 0.717) is 19.7 Å². The van der Waals surface area contributed by atoms with Crippen LogP contribution in [0.1, 0.15) is 19.8 Å². The first-order valence-corrected chi connectivity index (χ1v) is 8.16. The number of fused-ring (bicyclic) bond motifs is 1. The molecule has 3 rings (SSSR count). The minimum atomic E-state index is -0.431. The van der Waals surface area contributed by atoms with Gasteiger partial charge in [-0.25, -0.2) is 9.48 Å². The van der Waals surface area contributed by atoms with E-state index in [1.165, 1.54) is 0 Å². The van der Waals surface area contributed by atoms with E-state index in [4.69, 9.17) is 4.74 Å². The molecule has 2 heterocycles. The van der Waals surface area contributed by atoms with Gasteiger partial charge in [0.2, 0.25) is 5.91 Å². The first-order valence-electron chi connectivity index (χ1n) is 8.16. The van der Waals surface area contributed by atoms with Gasteiger partial charge >= 0.3 is 6.09 Å². The molecule has 1 aliphatic heterocycles. The zero-order chi connectivity index (χ0) is 16.9. The number of para-hydroxylation sites is 1. The van der Waals surface area contributed by atoms with Crippen LogP contribution in [0, 0.1) is 0 Å². The second-order valence-corrected chi connectivity index (χ2v) is 5.78. The number of carbonyl (C=O) groups is 2. The van der Waals surface area contributed by atoms with Crippen LogP contribution >= 0.6 is 0 Å². The average Bonchev–Trinajstić information content (AvgIpc) is 2.98. The SMILES string of the molecule is CCOC(=O)N[C@@H]1CCCN(C(=O)Cn2nnc3ccccc32)C1. The van der Waals surface area contributed by atoms with Crippen LogP contribution in [0.25, 0.3) is 11.0 Å². The molecular weight excluding hydrogens is 310 g/mol. The molecule has 1 N–H and O–H groups in total. The van der Waals surface area contributed by atoms with Gasteiger partial charge in [0, 0.05) is 19.1 Å². The third-order valence-electron chi connectivity index (χ3n) is 4.08. The van der Waals surface area contributed by atoms with E-state index >= 15 is 0 Å². The first-order chi connectivity index (χ1) is 11.7. The summed E-state index contributed by atoms with van der Waals surface area (Å²) in [6, 6.07) is 7.47. The van der Waals surface area contributed by atoms with Gasteiger partial charge in [-0.1, -0.05) is 17.3 Å². The molecule has 0 unspecified atom stereocenters.